The summed E-state index contributed by atoms with van der Waals surface area (Å²) in [6.45, 7) is 0. The van der Waals surface area contributed by atoms with Gasteiger partial charge in [0.05, 0.1) is 15.9 Å². The van der Waals surface area contributed by atoms with Crippen LogP contribution >= 0.6 is 43.5 Å². The third-order valence-electron chi connectivity index (χ3n) is 1.36. The zero-order chi connectivity index (χ0) is 9.14. The Labute approximate surface area is 92.4 Å². The number of benzene rings is 1. The van der Waals surface area contributed by atoms with E-state index in [9.17, 15) is 4.79 Å². The van der Waals surface area contributed by atoms with Gasteiger partial charge in [0.1, 0.15) is 0 Å². The van der Waals surface area contributed by atoms with Crippen LogP contribution in [-0.4, -0.2) is 11.1 Å². The highest BCUT2D eigenvalue weighted by atomic mass is 79.9. The van der Waals surface area contributed by atoms with Crippen molar-refractivity contribution in [3.8, 4) is 0 Å². The summed E-state index contributed by atoms with van der Waals surface area (Å²) >= 11 is 12.2. The first-order valence-electron chi connectivity index (χ1n) is 3.20. The third kappa shape index (κ3) is 2.09. The molecule has 0 fully saturated rings. The summed E-state index contributed by atoms with van der Waals surface area (Å²) in [7, 11) is 0. The lowest BCUT2D eigenvalue weighted by Gasteiger charge is -2.02. The zero-order valence-electron chi connectivity index (χ0n) is 5.98. The number of Topliss-reactive ketones (excluding diaryl/α,β-unsaturated/α-hetero) is 1. The number of hydrogen-bond donors (Lipinski definition) is 0. The first-order chi connectivity index (χ1) is 5.66. The molecule has 0 saturated heterocycles. The van der Waals surface area contributed by atoms with Crippen LogP contribution in [0.25, 0.3) is 0 Å². The van der Waals surface area contributed by atoms with Crippen LogP contribution in [0.4, 0.5) is 0 Å². The predicted molar refractivity (Wildman–Crippen MR) is 57.3 cm³/mol. The van der Waals surface area contributed by atoms with E-state index in [4.69, 9.17) is 11.6 Å². The van der Waals surface area contributed by atoms with Crippen LogP contribution in [0.5, 0.6) is 0 Å². The van der Waals surface area contributed by atoms with Gasteiger partial charge in [-0.25, -0.2) is 0 Å². The smallest absolute Gasteiger partial charge is 0.176 e. The highest BCUT2D eigenvalue weighted by Crippen LogP contribution is 2.25. The summed E-state index contributed by atoms with van der Waals surface area (Å²) in [4.78, 5) is 11.3. The molecule has 0 saturated carbocycles. The van der Waals surface area contributed by atoms with Crippen LogP contribution in [0, 0.1) is 0 Å². The van der Waals surface area contributed by atoms with E-state index in [1.807, 2.05) is 0 Å². The minimum absolute atomic E-state index is 0.0209. The van der Waals surface area contributed by atoms with Crippen molar-refractivity contribution in [3.05, 3.63) is 33.3 Å². The summed E-state index contributed by atoms with van der Waals surface area (Å²) < 4.78 is 0.736. The predicted octanol–water partition coefficient (Wildman–Crippen LogP) is 3.68. The van der Waals surface area contributed by atoms with Crippen molar-refractivity contribution in [2.75, 3.05) is 5.33 Å². The molecule has 1 rings (SSSR count). The fourth-order valence-electron chi connectivity index (χ4n) is 0.831. The molecule has 0 atom stereocenters. The number of halogens is 3. The van der Waals surface area contributed by atoms with Crippen LogP contribution < -0.4 is 0 Å². The van der Waals surface area contributed by atoms with E-state index in [1.54, 1.807) is 18.2 Å². The SMILES string of the molecule is O=C(CBr)c1c(Cl)cccc1Br. The van der Waals surface area contributed by atoms with Gasteiger partial charge in [0.25, 0.3) is 0 Å². The lowest BCUT2D eigenvalue weighted by Crippen LogP contribution is -2.01. The number of ketones is 1. The molecule has 1 nitrogen and oxygen atoms in total. The van der Waals surface area contributed by atoms with Gasteiger partial charge in [0.15, 0.2) is 5.78 Å². The van der Waals surface area contributed by atoms with E-state index in [-0.39, 0.29) is 11.1 Å². The van der Waals surface area contributed by atoms with E-state index in [0.717, 1.165) is 4.47 Å². The number of carbonyl (C=O) groups is 1. The van der Waals surface area contributed by atoms with Crippen LogP contribution in [0.2, 0.25) is 5.02 Å². The molecule has 64 valence electrons. The molecule has 1 aromatic carbocycles. The van der Waals surface area contributed by atoms with Gasteiger partial charge in [-0.3, -0.25) is 4.79 Å². The molecular formula is C8H5Br2ClO. The molecule has 0 heterocycles. The number of carbonyl (C=O) groups excluding carboxylic acids is 1. The maximum Gasteiger partial charge on any atom is 0.176 e. The van der Waals surface area contributed by atoms with Gasteiger partial charge in [-0.05, 0) is 28.1 Å². The Morgan fingerprint density at radius 1 is 1.50 bits per heavy atom. The Hall–Kier alpha value is 0.140. The lowest BCUT2D eigenvalue weighted by molar-refractivity contribution is 0.102. The van der Waals surface area contributed by atoms with E-state index < -0.39 is 0 Å². The van der Waals surface area contributed by atoms with Crippen LogP contribution in [-0.2, 0) is 0 Å². The average Bonchev–Trinajstić information content (AvgIpc) is 2.03. The van der Waals surface area contributed by atoms with Gasteiger partial charge >= 0.3 is 0 Å². The normalized spacial score (nSPS) is 9.92. The molecule has 0 aliphatic heterocycles. The van der Waals surface area contributed by atoms with Crippen molar-refractivity contribution in [2.24, 2.45) is 0 Å². The molecule has 0 N–H and O–H groups in total. The van der Waals surface area contributed by atoms with E-state index >= 15 is 0 Å². The van der Waals surface area contributed by atoms with E-state index in [2.05, 4.69) is 31.9 Å². The molecule has 0 spiro atoms. The molecule has 1 aromatic rings. The summed E-state index contributed by atoms with van der Waals surface area (Å²) in [5.41, 5.74) is 0.538. The lowest BCUT2D eigenvalue weighted by atomic mass is 10.1. The standard InChI is InChI=1S/C8H5Br2ClO/c9-4-7(12)8-5(10)2-1-3-6(8)11/h1-3H,4H2. The van der Waals surface area contributed by atoms with Gasteiger partial charge in [-0.1, -0.05) is 33.6 Å². The Morgan fingerprint density at radius 3 is 2.67 bits per heavy atom. The summed E-state index contributed by atoms with van der Waals surface area (Å²) in [6, 6.07) is 5.28. The van der Waals surface area contributed by atoms with Crippen molar-refractivity contribution in [2.45, 2.75) is 0 Å². The number of rotatable bonds is 2. The van der Waals surface area contributed by atoms with Crippen molar-refractivity contribution < 1.29 is 4.79 Å². The van der Waals surface area contributed by atoms with Crippen LogP contribution in [0.3, 0.4) is 0 Å². The highest BCUT2D eigenvalue weighted by molar-refractivity contribution is 9.10. The largest absolute Gasteiger partial charge is 0.293 e. The molecule has 0 aromatic heterocycles. The molecule has 0 aliphatic rings. The first kappa shape index (κ1) is 10.2. The zero-order valence-corrected chi connectivity index (χ0v) is 9.91. The summed E-state index contributed by atoms with van der Waals surface area (Å²) in [6.07, 6.45) is 0. The quantitative estimate of drug-likeness (QED) is 0.601. The van der Waals surface area contributed by atoms with Crippen molar-refractivity contribution in [1.82, 2.24) is 0 Å². The Kier molecular flexibility index (Phi) is 3.75. The summed E-state index contributed by atoms with van der Waals surface area (Å²) in [5, 5.41) is 0.767. The van der Waals surface area contributed by atoms with Gasteiger partial charge < -0.3 is 0 Å². The Bertz CT molecular complexity index is 292. The monoisotopic (exact) mass is 310 g/mol. The Balaban J connectivity index is 3.21. The van der Waals surface area contributed by atoms with Gasteiger partial charge in [0.2, 0.25) is 0 Å². The van der Waals surface area contributed by atoms with Gasteiger partial charge in [0, 0.05) is 4.47 Å². The minimum atomic E-state index is -0.0209. The highest BCUT2D eigenvalue weighted by Gasteiger charge is 2.11. The van der Waals surface area contributed by atoms with Crippen molar-refractivity contribution in [1.29, 1.82) is 0 Å². The van der Waals surface area contributed by atoms with Gasteiger partial charge in [-0.2, -0.15) is 0 Å². The molecule has 0 amide bonds. The fraction of sp³-hybridized carbons (Fsp3) is 0.125. The number of alkyl halides is 1. The maximum absolute atomic E-state index is 11.3. The Morgan fingerprint density at radius 2 is 2.17 bits per heavy atom. The molecule has 0 bridgehead atoms. The molecule has 12 heavy (non-hydrogen) atoms. The fourth-order valence-corrected chi connectivity index (χ4v) is 2.09. The third-order valence-corrected chi connectivity index (χ3v) is 2.85. The number of hydrogen-bond acceptors (Lipinski definition) is 1. The second-order valence-corrected chi connectivity index (χ2v) is 3.98. The molecule has 0 radical (unpaired) electrons. The van der Waals surface area contributed by atoms with E-state index in [0.29, 0.717) is 10.6 Å². The molecule has 4 heteroatoms. The molecular weight excluding hydrogens is 307 g/mol. The second kappa shape index (κ2) is 4.40. The minimum Gasteiger partial charge on any atom is -0.293 e. The van der Waals surface area contributed by atoms with Crippen molar-refractivity contribution >= 4 is 49.2 Å². The topological polar surface area (TPSA) is 17.1 Å². The van der Waals surface area contributed by atoms with E-state index in [1.165, 1.54) is 0 Å². The van der Waals surface area contributed by atoms with Crippen molar-refractivity contribution in [3.63, 3.8) is 0 Å². The molecule has 0 aliphatic carbocycles. The second-order valence-electron chi connectivity index (χ2n) is 2.15. The summed E-state index contributed by atoms with van der Waals surface area (Å²) in [5.74, 6) is -0.0209. The van der Waals surface area contributed by atoms with Gasteiger partial charge in [-0.15, -0.1) is 0 Å². The molecule has 0 unspecified atom stereocenters. The first-order valence-corrected chi connectivity index (χ1v) is 5.49. The van der Waals surface area contributed by atoms with Crippen LogP contribution in [0.1, 0.15) is 10.4 Å². The van der Waals surface area contributed by atoms with Crippen LogP contribution in [0.15, 0.2) is 22.7 Å². The maximum atomic E-state index is 11.3. The average molecular weight is 312 g/mol.